The van der Waals surface area contributed by atoms with Crippen LogP contribution in [-0.2, 0) is 18.2 Å². The van der Waals surface area contributed by atoms with Gasteiger partial charge in [0, 0.05) is 32.3 Å². The molecule has 3 aromatic rings. The number of nitrogens with one attached hydrogen (secondary N) is 1. The van der Waals surface area contributed by atoms with E-state index in [0.29, 0.717) is 35.9 Å². The summed E-state index contributed by atoms with van der Waals surface area (Å²) in [6, 6.07) is 1.79. The molecule has 9 heteroatoms. The van der Waals surface area contributed by atoms with E-state index >= 15 is 0 Å². The van der Waals surface area contributed by atoms with Crippen LogP contribution in [0, 0.1) is 13.8 Å². The molecule has 1 amide bonds. The molecule has 0 spiro atoms. The molecular weight excluding hydrogens is 348 g/mol. The largest absolute Gasteiger partial charge is 0.368 e. The standard InChI is InChI=1S/C18H22N6O3/c1-10-9-12(15-11(2)22-24(3)16(15)20-10)17(25)19-7-6-14-21-18(27-23-14)13-5-4-8-26-13/h9,13H,4-8H2,1-3H3,(H,19,25)/t13-/m1/s1. The smallest absolute Gasteiger partial charge is 0.255 e. The number of rotatable bonds is 5. The molecule has 142 valence electrons. The predicted molar refractivity (Wildman–Crippen MR) is 96.2 cm³/mol. The number of carbonyl (C=O) groups excluding carboxylic acids is 1. The minimum atomic E-state index is -0.163. The van der Waals surface area contributed by atoms with Crippen molar-refractivity contribution >= 4 is 16.9 Å². The Kier molecular flexibility index (Phi) is 4.61. The lowest BCUT2D eigenvalue weighted by Crippen LogP contribution is -2.26. The van der Waals surface area contributed by atoms with Crippen molar-refractivity contribution in [2.24, 2.45) is 7.05 Å². The van der Waals surface area contributed by atoms with Crippen molar-refractivity contribution in [3.63, 3.8) is 0 Å². The van der Waals surface area contributed by atoms with Gasteiger partial charge in [0.15, 0.2) is 11.5 Å². The number of nitrogens with zero attached hydrogens (tertiary/aromatic N) is 5. The van der Waals surface area contributed by atoms with Gasteiger partial charge < -0.3 is 14.6 Å². The predicted octanol–water partition coefficient (Wildman–Crippen LogP) is 1.79. The Balaban J connectivity index is 1.43. The molecule has 1 N–H and O–H groups in total. The van der Waals surface area contributed by atoms with E-state index in [0.717, 1.165) is 36.2 Å². The second-order valence-electron chi connectivity index (χ2n) is 6.78. The number of ether oxygens (including phenoxy) is 1. The Morgan fingerprint density at radius 1 is 1.37 bits per heavy atom. The summed E-state index contributed by atoms with van der Waals surface area (Å²) in [6.45, 7) is 4.88. The Morgan fingerprint density at radius 3 is 3.00 bits per heavy atom. The molecule has 0 unspecified atom stereocenters. The summed E-state index contributed by atoms with van der Waals surface area (Å²) in [5, 5.41) is 12.0. The average molecular weight is 370 g/mol. The first kappa shape index (κ1) is 17.6. The van der Waals surface area contributed by atoms with Gasteiger partial charge in [0.1, 0.15) is 6.10 Å². The minimum Gasteiger partial charge on any atom is -0.368 e. The number of hydrogen-bond acceptors (Lipinski definition) is 7. The summed E-state index contributed by atoms with van der Waals surface area (Å²) in [5.41, 5.74) is 2.84. The fraction of sp³-hybridized carbons (Fsp3) is 0.500. The highest BCUT2D eigenvalue weighted by Gasteiger charge is 2.24. The molecule has 1 atom stereocenters. The van der Waals surface area contributed by atoms with Crippen LogP contribution < -0.4 is 5.32 Å². The Bertz CT molecular complexity index is 987. The number of pyridine rings is 1. The zero-order valence-electron chi connectivity index (χ0n) is 15.7. The van der Waals surface area contributed by atoms with Gasteiger partial charge in [-0.3, -0.25) is 9.48 Å². The molecule has 4 rings (SSSR count). The Hall–Kier alpha value is -2.81. The zero-order chi connectivity index (χ0) is 19.0. The first-order valence-corrected chi connectivity index (χ1v) is 9.06. The van der Waals surface area contributed by atoms with Crippen LogP contribution in [0.2, 0.25) is 0 Å². The van der Waals surface area contributed by atoms with E-state index in [1.54, 1.807) is 10.7 Å². The normalized spacial score (nSPS) is 16.9. The second kappa shape index (κ2) is 7.07. The molecule has 3 aromatic heterocycles. The third-order valence-corrected chi connectivity index (χ3v) is 4.66. The van der Waals surface area contributed by atoms with Gasteiger partial charge in [0.2, 0.25) is 0 Å². The summed E-state index contributed by atoms with van der Waals surface area (Å²) in [4.78, 5) is 21.6. The van der Waals surface area contributed by atoms with E-state index in [9.17, 15) is 4.79 Å². The molecule has 27 heavy (non-hydrogen) atoms. The number of fused-ring (bicyclic) bond motifs is 1. The average Bonchev–Trinajstić information content (AvgIpc) is 3.36. The summed E-state index contributed by atoms with van der Waals surface area (Å²) < 4.78 is 12.5. The number of aryl methyl sites for hydroxylation is 3. The van der Waals surface area contributed by atoms with Crippen LogP contribution in [0.15, 0.2) is 10.6 Å². The fourth-order valence-electron chi connectivity index (χ4n) is 3.40. The third kappa shape index (κ3) is 3.42. The number of hydrogen-bond donors (Lipinski definition) is 1. The molecule has 1 saturated heterocycles. The Labute approximate surface area is 156 Å². The number of carbonyl (C=O) groups is 1. The van der Waals surface area contributed by atoms with Gasteiger partial charge in [0.25, 0.3) is 11.8 Å². The van der Waals surface area contributed by atoms with Crippen molar-refractivity contribution in [3.05, 3.63) is 34.7 Å². The first-order chi connectivity index (χ1) is 13.0. The summed E-state index contributed by atoms with van der Waals surface area (Å²) >= 11 is 0. The molecule has 1 fully saturated rings. The van der Waals surface area contributed by atoms with Crippen LogP contribution in [0.3, 0.4) is 0 Å². The topological polar surface area (TPSA) is 108 Å². The molecule has 1 aliphatic heterocycles. The maximum atomic E-state index is 12.7. The Morgan fingerprint density at radius 2 is 2.22 bits per heavy atom. The van der Waals surface area contributed by atoms with Crippen molar-refractivity contribution < 1.29 is 14.1 Å². The highest BCUT2D eigenvalue weighted by atomic mass is 16.5. The SMILES string of the molecule is Cc1cc(C(=O)NCCc2noc([C@H]3CCCO3)n2)c2c(C)nn(C)c2n1. The van der Waals surface area contributed by atoms with E-state index < -0.39 is 0 Å². The van der Waals surface area contributed by atoms with E-state index in [1.165, 1.54) is 0 Å². The number of amides is 1. The van der Waals surface area contributed by atoms with Gasteiger partial charge in [-0.25, -0.2) is 4.98 Å². The molecule has 0 radical (unpaired) electrons. The summed E-state index contributed by atoms with van der Waals surface area (Å²) in [6.07, 6.45) is 2.30. The fourth-order valence-corrected chi connectivity index (χ4v) is 3.40. The summed E-state index contributed by atoms with van der Waals surface area (Å²) in [7, 11) is 1.82. The number of aromatic nitrogens is 5. The van der Waals surface area contributed by atoms with Crippen molar-refractivity contribution in [2.45, 2.75) is 39.2 Å². The van der Waals surface area contributed by atoms with Gasteiger partial charge in [-0.2, -0.15) is 10.1 Å². The van der Waals surface area contributed by atoms with Crippen LogP contribution in [-0.4, -0.2) is 44.0 Å². The molecule has 0 aromatic carbocycles. The van der Waals surface area contributed by atoms with Gasteiger partial charge in [-0.05, 0) is 32.8 Å². The lowest BCUT2D eigenvalue weighted by molar-refractivity contribution is 0.0835. The van der Waals surface area contributed by atoms with Gasteiger partial charge in [0.05, 0.1) is 16.6 Å². The van der Waals surface area contributed by atoms with E-state index in [1.807, 2.05) is 20.9 Å². The monoisotopic (exact) mass is 370 g/mol. The van der Waals surface area contributed by atoms with Crippen molar-refractivity contribution in [3.8, 4) is 0 Å². The van der Waals surface area contributed by atoms with Crippen LogP contribution >= 0.6 is 0 Å². The van der Waals surface area contributed by atoms with Gasteiger partial charge in [-0.15, -0.1) is 0 Å². The highest BCUT2D eigenvalue weighted by molar-refractivity contribution is 6.06. The zero-order valence-corrected chi connectivity index (χ0v) is 15.7. The summed E-state index contributed by atoms with van der Waals surface area (Å²) in [5.74, 6) is 0.921. The first-order valence-electron chi connectivity index (χ1n) is 9.06. The third-order valence-electron chi connectivity index (χ3n) is 4.66. The van der Waals surface area contributed by atoms with Gasteiger partial charge in [-0.1, -0.05) is 5.16 Å². The van der Waals surface area contributed by atoms with Gasteiger partial charge >= 0.3 is 0 Å². The quantitative estimate of drug-likeness (QED) is 0.729. The lowest BCUT2D eigenvalue weighted by Gasteiger charge is -2.07. The molecule has 0 saturated carbocycles. The molecule has 0 aliphatic carbocycles. The highest BCUT2D eigenvalue weighted by Crippen LogP contribution is 2.27. The molecule has 1 aliphatic rings. The van der Waals surface area contributed by atoms with Crippen LogP contribution in [0.25, 0.3) is 11.0 Å². The maximum Gasteiger partial charge on any atom is 0.255 e. The van der Waals surface area contributed by atoms with Crippen LogP contribution in [0.4, 0.5) is 0 Å². The van der Waals surface area contributed by atoms with E-state index in [-0.39, 0.29) is 12.0 Å². The molecule has 4 heterocycles. The minimum absolute atomic E-state index is 0.0949. The maximum absolute atomic E-state index is 12.7. The van der Waals surface area contributed by atoms with Crippen LogP contribution in [0.5, 0.6) is 0 Å². The van der Waals surface area contributed by atoms with Crippen molar-refractivity contribution in [1.29, 1.82) is 0 Å². The van der Waals surface area contributed by atoms with E-state index in [2.05, 4.69) is 25.5 Å². The molecule has 9 nitrogen and oxygen atoms in total. The lowest BCUT2D eigenvalue weighted by atomic mass is 10.1. The second-order valence-corrected chi connectivity index (χ2v) is 6.78. The molecular formula is C18H22N6O3. The van der Waals surface area contributed by atoms with Crippen LogP contribution in [0.1, 0.15) is 52.4 Å². The van der Waals surface area contributed by atoms with Crippen molar-refractivity contribution in [2.75, 3.05) is 13.2 Å². The van der Waals surface area contributed by atoms with Crippen molar-refractivity contribution in [1.82, 2.24) is 30.2 Å². The molecule has 0 bridgehead atoms. The van der Waals surface area contributed by atoms with E-state index in [4.69, 9.17) is 9.26 Å².